The second-order valence-corrected chi connectivity index (χ2v) is 7.22. The van der Waals surface area contributed by atoms with Crippen molar-refractivity contribution in [3.63, 3.8) is 0 Å². The average molecular weight is 356 g/mol. The van der Waals surface area contributed by atoms with Gasteiger partial charge in [-0.1, -0.05) is 13.0 Å². The summed E-state index contributed by atoms with van der Waals surface area (Å²) in [6.45, 7) is 1.94. The maximum absolute atomic E-state index is 12.3. The first kappa shape index (κ1) is 18.4. The minimum atomic E-state index is -3.85. The summed E-state index contributed by atoms with van der Waals surface area (Å²) in [5, 5.41) is 8.81. The third-order valence-electron chi connectivity index (χ3n) is 3.59. The van der Waals surface area contributed by atoms with Crippen molar-refractivity contribution in [2.45, 2.75) is 31.5 Å². The molecule has 8 nitrogen and oxygen atoms in total. The number of carbonyl (C=O) groups excluding carboxylic acids is 1. The van der Waals surface area contributed by atoms with Crippen LogP contribution in [0, 0.1) is 0 Å². The molecule has 2 rings (SSSR count). The van der Waals surface area contributed by atoms with Crippen LogP contribution in [0.3, 0.4) is 0 Å². The summed E-state index contributed by atoms with van der Waals surface area (Å²) >= 11 is 0. The van der Waals surface area contributed by atoms with Gasteiger partial charge in [-0.05, 0) is 29.7 Å². The molecule has 1 aliphatic rings. The van der Waals surface area contributed by atoms with E-state index in [2.05, 4.69) is 4.72 Å². The number of amides is 1. The zero-order chi connectivity index (χ0) is 17.7. The number of carboxylic acids is 1. The van der Waals surface area contributed by atoms with Crippen molar-refractivity contribution >= 4 is 21.9 Å². The van der Waals surface area contributed by atoms with Gasteiger partial charge < -0.3 is 14.7 Å². The molecule has 1 amide bonds. The Balaban J connectivity index is 2.03. The number of hydrogen-bond acceptors (Lipinski definition) is 5. The number of hydrogen-bond donors (Lipinski definition) is 2. The van der Waals surface area contributed by atoms with E-state index in [1.165, 1.54) is 12.1 Å². The summed E-state index contributed by atoms with van der Waals surface area (Å²) in [7, 11) is -3.85. The van der Waals surface area contributed by atoms with E-state index in [0.717, 1.165) is 16.0 Å². The van der Waals surface area contributed by atoms with Crippen LogP contribution in [-0.4, -0.2) is 49.9 Å². The van der Waals surface area contributed by atoms with Gasteiger partial charge in [-0.3, -0.25) is 9.59 Å². The molecular weight excluding hydrogens is 336 g/mol. The fraction of sp³-hybridized carbons (Fsp3) is 0.467. The molecule has 1 aliphatic heterocycles. The van der Waals surface area contributed by atoms with E-state index in [1.54, 1.807) is 13.0 Å². The summed E-state index contributed by atoms with van der Waals surface area (Å²) < 4.78 is 32.1. The zero-order valence-corrected chi connectivity index (χ0v) is 14.1. The van der Waals surface area contributed by atoms with Crippen LogP contribution in [0.25, 0.3) is 0 Å². The van der Waals surface area contributed by atoms with Crippen molar-refractivity contribution in [1.82, 2.24) is 9.62 Å². The van der Waals surface area contributed by atoms with Gasteiger partial charge in [0.1, 0.15) is 6.54 Å². The predicted octanol–water partition coefficient (Wildman–Crippen LogP) is 0.318. The van der Waals surface area contributed by atoms with Crippen LogP contribution in [0.4, 0.5) is 0 Å². The van der Waals surface area contributed by atoms with Crippen molar-refractivity contribution in [3.05, 3.63) is 29.3 Å². The molecule has 1 aromatic rings. The van der Waals surface area contributed by atoms with Gasteiger partial charge >= 0.3 is 5.97 Å². The summed E-state index contributed by atoms with van der Waals surface area (Å²) in [4.78, 5) is 24.0. The minimum absolute atomic E-state index is 0.0554. The third-order valence-corrected chi connectivity index (χ3v) is 4.99. The second-order valence-electron chi connectivity index (χ2n) is 5.46. The maximum Gasteiger partial charge on any atom is 0.323 e. The Morgan fingerprint density at radius 2 is 2.00 bits per heavy atom. The highest BCUT2D eigenvalue weighted by Crippen LogP contribution is 2.22. The SMILES string of the molecule is CCCN(CC(=O)O)C(=O)CNS(=O)(=O)c1ccc2c(c1)COC2. The molecule has 0 saturated carbocycles. The predicted molar refractivity (Wildman–Crippen MR) is 84.6 cm³/mol. The lowest BCUT2D eigenvalue weighted by Crippen LogP contribution is -2.42. The summed E-state index contributed by atoms with van der Waals surface area (Å²) in [5.41, 5.74) is 1.75. The van der Waals surface area contributed by atoms with Crippen LogP contribution < -0.4 is 4.72 Å². The Morgan fingerprint density at radius 1 is 1.29 bits per heavy atom. The molecular formula is C15H20N2O6S. The van der Waals surface area contributed by atoms with Crippen molar-refractivity contribution < 1.29 is 27.9 Å². The molecule has 24 heavy (non-hydrogen) atoms. The highest BCUT2D eigenvalue weighted by molar-refractivity contribution is 7.89. The van der Waals surface area contributed by atoms with E-state index in [0.29, 0.717) is 19.6 Å². The Hall–Kier alpha value is -1.97. The monoisotopic (exact) mass is 356 g/mol. The normalized spacial score (nSPS) is 13.5. The summed E-state index contributed by atoms with van der Waals surface area (Å²) in [6.07, 6.45) is 0.580. The molecule has 0 atom stereocenters. The molecule has 0 radical (unpaired) electrons. The van der Waals surface area contributed by atoms with E-state index >= 15 is 0 Å². The van der Waals surface area contributed by atoms with Crippen LogP contribution in [0.15, 0.2) is 23.1 Å². The highest BCUT2D eigenvalue weighted by atomic mass is 32.2. The Morgan fingerprint density at radius 3 is 2.67 bits per heavy atom. The number of nitrogens with one attached hydrogen (secondary N) is 1. The number of ether oxygens (including phenoxy) is 1. The molecule has 1 heterocycles. The van der Waals surface area contributed by atoms with Crippen molar-refractivity contribution in [2.24, 2.45) is 0 Å². The van der Waals surface area contributed by atoms with Crippen LogP contribution in [-0.2, 0) is 37.6 Å². The van der Waals surface area contributed by atoms with E-state index in [4.69, 9.17) is 9.84 Å². The lowest BCUT2D eigenvalue weighted by atomic mass is 10.1. The lowest BCUT2D eigenvalue weighted by Gasteiger charge is -2.20. The van der Waals surface area contributed by atoms with Gasteiger partial charge in [0.25, 0.3) is 0 Å². The topological polar surface area (TPSA) is 113 Å². The van der Waals surface area contributed by atoms with Gasteiger partial charge in [0.05, 0.1) is 24.7 Å². The molecule has 0 bridgehead atoms. The van der Waals surface area contributed by atoms with Crippen LogP contribution in [0.5, 0.6) is 0 Å². The molecule has 0 aliphatic carbocycles. The largest absolute Gasteiger partial charge is 0.480 e. The molecule has 9 heteroatoms. The first-order valence-corrected chi connectivity index (χ1v) is 9.00. The minimum Gasteiger partial charge on any atom is -0.480 e. The van der Waals surface area contributed by atoms with Crippen molar-refractivity contribution in [2.75, 3.05) is 19.6 Å². The van der Waals surface area contributed by atoms with E-state index in [9.17, 15) is 18.0 Å². The van der Waals surface area contributed by atoms with Gasteiger partial charge in [0, 0.05) is 6.54 Å². The zero-order valence-electron chi connectivity index (χ0n) is 13.3. The van der Waals surface area contributed by atoms with Gasteiger partial charge in [-0.25, -0.2) is 13.1 Å². The smallest absolute Gasteiger partial charge is 0.323 e. The molecule has 0 spiro atoms. The Kier molecular flexibility index (Phi) is 5.92. The molecule has 0 fully saturated rings. The fourth-order valence-electron chi connectivity index (χ4n) is 2.39. The number of sulfonamides is 1. The number of nitrogens with zero attached hydrogens (tertiary/aromatic N) is 1. The Bertz CT molecular complexity index is 731. The fourth-order valence-corrected chi connectivity index (χ4v) is 3.42. The Labute approximate surface area is 140 Å². The maximum atomic E-state index is 12.3. The summed E-state index contributed by atoms with van der Waals surface area (Å²) in [6, 6.07) is 4.67. The van der Waals surface area contributed by atoms with Crippen LogP contribution in [0.2, 0.25) is 0 Å². The number of aliphatic carboxylic acids is 1. The second kappa shape index (κ2) is 7.73. The van der Waals surface area contributed by atoms with Gasteiger partial charge in [-0.15, -0.1) is 0 Å². The van der Waals surface area contributed by atoms with Gasteiger partial charge in [0.15, 0.2) is 0 Å². The third kappa shape index (κ3) is 4.53. The molecule has 132 valence electrons. The van der Waals surface area contributed by atoms with Gasteiger partial charge in [0.2, 0.25) is 15.9 Å². The summed E-state index contributed by atoms with van der Waals surface area (Å²) in [5.74, 6) is -1.72. The van der Waals surface area contributed by atoms with E-state index in [-0.39, 0.29) is 11.4 Å². The average Bonchev–Trinajstić information content (AvgIpc) is 2.99. The van der Waals surface area contributed by atoms with E-state index in [1.807, 2.05) is 0 Å². The van der Waals surface area contributed by atoms with Crippen LogP contribution in [0.1, 0.15) is 24.5 Å². The quantitative estimate of drug-likeness (QED) is 0.693. The molecule has 0 saturated heterocycles. The highest BCUT2D eigenvalue weighted by Gasteiger charge is 2.22. The van der Waals surface area contributed by atoms with E-state index < -0.39 is 35.0 Å². The van der Waals surface area contributed by atoms with Crippen molar-refractivity contribution in [1.29, 1.82) is 0 Å². The van der Waals surface area contributed by atoms with Gasteiger partial charge in [-0.2, -0.15) is 0 Å². The lowest BCUT2D eigenvalue weighted by molar-refractivity contribution is -0.144. The number of fused-ring (bicyclic) bond motifs is 1. The molecule has 2 N–H and O–H groups in total. The number of rotatable bonds is 8. The molecule has 0 aromatic heterocycles. The number of benzene rings is 1. The molecule has 1 aromatic carbocycles. The van der Waals surface area contributed by atoms with Crippen molar-refractivity contribution in [3.8, 4) is 0 Å². The number of carbonyl (C=O) groups is 2. The first-order chi connectivity index (χ1) is 11.3. The van der Waals surface area contributed by atoms with Crippen LogP contribution >= 0.6 is 0 Å². The molecule has 0 unspecified atom stereocenters. The number of carboxylic acid groups (broad SMARTS) is 1. The standard InChI is InChI=1S/C15H20N2O6S/c1-2-5-17(8-15(19)20)14(18)7-16-24(21,22)13-4-3-11-9-23-10-12(11)6-13/h3-4,6,16H,2,5,7-10H2,1H3,(H,19,20). The first-order valence-electron chi connectivity index (χ1n) is 7.52.